The Labute approximate surface area is 574 Å². The van der Waals surface area contributed by atoms with Gasteiger partial charge in [0, 0.05) is 80.7 Å². The molecule has 98 heavy (non-hydrogen) atoms. The lowest BCUT2D eigenvalue weighted by Gasteiger charge is -2.36. The van der Waals surface area contributed by atoms with Crippen LogP contribution in [0.25, 0.3) is 154 Å². The first-order valence-corrected chi connectivity index (χ1v) is 35.7. The van der Waals surface area contributed by atoms with Crippen molar-refractivity contribution in [1.82, 2.24) is 19.9 Å². The standard InChI is InChI=1S/C46H34N2O.C46H34N2S/c2*1-4-13-30(14-5-1)41-29-42(48-45(47-41)31-15-6-2-7-16-31)33-22-24-43-38(28-33)36-19-12-18-34(44(36)49-43)32-21-23-40-37(27-32)35-17-8-9-20-39(35)46(40)25-10-3-11-26-46/h2*1-2,4-9,12-24,27-29H,3,10-11,25-26H2. The molecule has 20 rings (SSSR count). The highest BCUT2D eigenvalue weighted by Crippen LogP contribution is 2.58. The number of furan rings is 1. The zero-order chi connectivity index (χ0) is 64.7. The molecule has 5 nitrogen and oxygen atoms in total. The molecular formula is C92H68N4OS. The summed E-state index contributed by atoms with van der Waals surface area (Å²) < 4.78 is 9.31. The first-order valence-electron chi connectivity index (χ1n) is 34.9. The lowest BCUT2D eigenvalue weighted by molar-refractivity contribution is 0.353. The molecule has 16 aromatic rings. The molecule has 2 fully saturated rings. The molecule has 4 aliphatic carbocycles. The number of fused-ring (bicyclic) bond motifs is 16. The summed E-state index contributed by atoms with van der Waals surface area (Å²) in [5.41, 5.74) is 28.8. The van der Waals surface area contributed by atoms with Crippen LogP contribution in [0.2, 0.25) is 0 Å². The van der Waals surface area contributed by atoms with E-state index in [4.69, 9.17) is 24.4 Å². The van der Waals surface area contributed by atoms with Crippen molar-refractivity contribution in [3.63, 3.8) is 0 Å². The smallest absolute Gasteiger partial charge is 0.160 e. The Morgan fingerprint density at radius 1 is 0.265 bits per heavy atom. The lowest BCUT2D eigenvalue weighted by Crippen LogP contribution is -2.27. The average Bonchev–Trinajstić information content (AvgIpc) is 1.56. The van der Waals surface area contributed by atoms with E-state index in [2.05, 4.69) is 231 Å². The molecule has 6 heteroatoms. The Kier molecular flexibility index (Phi) is 14.2. The van der Waals surface area contributed by atoms with Gasteiger partial charge >= 0.3 is 0 Å². The van der Waals surface area contributed by atoms with Crippen LogP contribution in [-0.2, 0) is 10.8 Å². The minimum atomic E-state index is 0.159. The molecule has 0 aliphatic heterocycles. The fourth-order valence-electron chi connectivity index (χ4n) is 17.2. The molecular weight excluding hydrogens is 1210 g/mol. The van der Waals surface area contributed by atoms with Crippen LogP contribution in [0.4, 0.5) is 0 Å². The van der Waals surface area contributed by atoms with Gasteiger partial charge in [0.05, 0.1) is 22.8 Å². The maximum atomic E-state index is 6.68. The van der Waals surface area contributed by atoms with Crippen molar-refractivity contribution >= 4 is 53.4 Å². The maximum absolute atomic E-state index is 6.68. The normalized spacial score (nSPS) is 14.7. The zero-order valence-electron chi connectivity index (χ0n) is 54.4. The molecule has 4 heterocycles. The molecule has 0 atom stereocenters. The SMILES string of the molecule is c1ccc(-c2cc(-c3ccc4oc5c(-c6ccc7c(c6)-c6ccccc6C76CCCCC6)cccc5c4c3)nc(-c3ccccc3)n2)cc1.c1ccc(-c2cc(-c3ccc4sc5c(-c6ccc7c(c6)-c6ccccc6C76CCCCC6)cccc5c4c3)nc(-c3ccccc3)n2)cc1. The third-order valence-corrected chi connectivity index (χ3v) is 23.0. The van der Waals surface area contributed by atoms with Gasteiger partial charge in [-0.1, -0.05) is 275 Å². The minimum Gasteiger partial charge on any atom is -0.455 e. The van der Waals surface area contributed by atoms with Gasteiger partial charge in [-0.15, -0.1) is 11.3 Å². The Bertz CT molecular complexity index is 5290. The van der Waals surface area contributed by atoms with Gasteiger partial charge in [0.15, 0.2) is 11.6 Å². The summed E-state index contributed by atoms with van der Waals surface area (Å²) in [5, 5.41) is 4.76. The Balaban J connectivity index is 0.000000137. The number of thiophene rings is 1. The van der Waals surface area contributed by atoms with E-state index in [0.29, 0.717) is 5.82 Å². The van der Waals surface area contributed by atoms with E-state index in [1.165, 1.54) is 134 Å². The average molecular weight is 1280 g/mol. The Morgan fingerprint density at radius 3 is 1.20 bits per heavy atom. The number of benzene rings is 12. The molecule has 0 amide bonds. The fraction of sp³-hybridized carbons (Fsp3) is 0.130. The predicted octanol–water partition coefficient (Wildman–Crippen LogP) is 25.0. The summed E-state index contributed by atoms with van der Waals surface area (Å²) in [6, 6.07) is 105. The molecule has 2 saturated carbocycles. The van der Waals surface area contributed by atoms with Crippen molar-refractivity contribution in [1.29, 1.82) is 0 Å². The Hall–Kier alpha value is -11.2. The monoisotopic (exact) mass is 1280 g/mol. The number of para-hydroxylation sites is 1. The van der Waals surface area contributed by atoms with Crippen LogP contribution >= 0.6 is 11.3 Å². The molecule has 0 N–H and O–H groups in total. The maximum Gasteiger partial charge on any atom is 0.160 e. The second-order valence-electron chi connectivity index (χ2n) is 27.3. The van der Waals surface area contributed by atoms with E-state index < -0.39 is 0 Å². The van der Waals surface area contributed by atoms with Gasteiger partial charge in [-0.3, -0.25) is 0 Å². The predicted molar refractivity (Wildman–Crippen MR) is 406 cm³/mol. The van der Waals surface area contributed by atoms with Crippen LogP contribution in [0.5, 0.6) is 0 Å². The summed E-state index contributed by atoms with van der Waals surface area (Å²) in [4.78, 5) is 20.2. The van der Waals surface area contributed by atoms with Crippen LogP contribution < -0.4 is 0 Å². The van der Waals surface area contributed by atoms with Crippen LogP contribution in [0.15, 0.2) is 296 Å². The summed E-state index contributed by atoms with van der Waals surface area (Å²) >= 11 is 1.89. The topological polar surface area (TPSA) is 64.7 Å². The largest absolute Gasteiger partial charge is 0.455 e. The molecule has 0 saturated heterocycles. The molecule has 0 unspecified atom stereocenters. The highest BCUT2D eigenvalue weighted by Gasteiger charge is 2.45. The quantitative estimate of drug-likeness (QED) is 0.152. The minimum absolute atomic E-state index is 0.159. The second kappa shape index (κ2) is 23.9. The number of hydrogen-bond acceptors (Lipinski definition) is 6. The van der Waals surface area contributed by atoms with Gasteiger partial charge in [-0.2, -0.15) is 0 Å². The van der Waals surface area contributed by atoms with Gasteiger partial charge in [0.1, 0.15) is 11.2 Å². The molecule has 468 valence electrons. The van der Waals surface area contributed by atoms with Crippen molar-refractivity contribution < 1.29 is 4.42 Å². The first kappa shape index (κ1) is 58.2. The number of rotatable bonds is 8. The van der Waals surface area contributed by atoms with Crippen LogP contribution in [0.3, 0.4) is 0 Å². The van der Waals surface area contributed by atoms with E-state index in [1.54, 1.807) is 11.1 Å². The third kappa shape index (κ3) is 9.78. The van der Waals surface area contributed by atoms with E-state index in [0.717, 1.165) is 89.5 Å². The van der Waals surface area contributed by atoms with Gasteiger partial charge in [-0.05, 0) is 141 Å². The highest BCUT2D eigenvalue weighted by molar-refractivity contribution is 7.26. The molecule has 12 aromatic carbocycles. The number of hydrogen-bond donors (Lipinski definition) is 0. The van der Waals surface area contributed by atoms with Gasteiger partial charge in [0.25, 0.3) is 0 Å². The highest BCUT2D eigenvalue weighted by atomic mass is 32.1. The summed E-state index contributed by atoms with van der Waals surface area (Å²) in [5.74, 6) is 1.45. The van der Waals surface area contributed by atoms with Crippen molar-refractivity contribution in [2.75, 3.05) is 0 Å². The van der Waals surface area contributed by atoms with Crippen molar-refractivity contribution in [3.8, 4) is 112 Å². The van der Waals surface area contributed by atoms with Gasteiger partial charge in [-0.25, -0.2) is 19.9 Å². The molecule has 2 spiro atoms. The Morgan fingerprint density at radius 2 is 0.673 bits per heavy atom. The van der Waals surface area contributed by atoms with E-state index in [9.17, 15) is 0 Å². The van der Waals surface area contributed by atoms with E-state index in [1.807, 2.05) is 72.0 Å². The van der Waals surface area contributed by atoms with E-state index >= 15 is 0 Å². The molecule has 0 radical (unpaired) electrons. The van der Waals surface area contributed by atoms with E-state index in [-0.39, 0.29) is 10.8 Å². The van der Waals surface area contributed by atoms with Gasteiger partial charge in [0.2, 0.25) is 0 Å². The summed E-state index contributed by atoms with van der Waals surface area (Å²) in [6.07, 6.45) is 12.9. The first-order chi connectivity index (χ1) is 48.5. The zero-order valence-corrected chi connectivity index (χ0v) is 55.2. The van der Waals surface area contributed by atoms with Crippen molar-refractivity contribution in [2.24, 2.45) is 0 Å². The van der Waals surface area contributed by atoms with Crippen LogP contribution in [0, 0.1) is 0 Å². The van der Waals surface area contributed by atoms with Crippen LogP contribution in [0.1, 0.15) is 86.5 Å². The lowest BCUT2D eigenvalue weighted by atomic mass is 9.68. The summed E-state index contributed by atoms with van der Waals surface area (Å²) in [6.45, 7) is 0. The number of aromatic nitrogens is 4. The van der Waals surface area contributed by atoms with Gasteiger partial charge < -0.3 is 4.42 Å². The van der Waals surface area contributed by atoms with Crippen molar-refractivity contribution in [2.45, 2.75) is 75.0 Å². The molecule has 4 aromatic heterocycles. The molecule has 0 bridgehead atoms. The molecule has 4 aliphatic rings. The number of nitrogens with zero attached hydrogens (tertiary/aromatic N) is 4. The third-order valence-electron chi connectivity index (χ3n) is 21.8. The van der Waals surface area contributed by atoms with Crippen LogP contribution in [-0.4, -0.2) is 19.9 Å². The van der Waals surface area contributed by atoms with Crippen molar-refractivity contribution in [3.05, 3.63) is 313 Å². The second-order valence-corrected chi connectivity index (χ2v) is 28.3. The summed E-state index contributed by atoms with van der Waals surface area (Å²) in [7, 11) is 0. The fourth-order valence-corrected chi connectivity index (χ4v) is 18.4.